The molecule has 0 radical (unpaired) electrons. The van der Waals surface area contributed by atoms with E-state index in [-0.39, 0.29) is 13.2 Å². The quantitative estimate of drug-likeness (QED) is 0.0986. The zero-order valence-electron chi connectivity index (χ0n) is 25.0. The Morgan fingerprint density at radius 2 is 0.909 bits per heavy atom. The second-order valence-electron chi connectivity index (χ2n) is 10.1. The monoisotopic (exact) mass is 618 g/mol. The first-order valence-electron chi connectivity index (χ1n) is 14.0. The summed E-state index contributed by atoms with van der Waals surface area (Å²) in [6, 6.07) is 14.3. The van der Waals surface area contributed by atoms with Gasteiger partial charge in [-0.1, -0.05) is 60.7 Å². The third kappa shape index (κ3) is 10.7. The number of nitrogens with one attached hydrogen (secondary N) is 4. The van der Waals surface area contributed by atoms with Crippen molar-refractivity contribution in [3.63, 3.8) is 0 Å². The molecule has 242 valence electrons. The van der Waals surface area contributed by atoms with E-state index in [2.05, 4.69) is 21.3 Å². The van der Waals surface area contributed by atoms with Gasteiger partial charge in [0, 0.05) is 14.1 Å². The molecule has 44 heavy (non-hydrogen) atoms. The summed E-state index contributed by atoms with van der Waals surface area (Å²) >= 11 is 0. The van der Waals surface area contributed by atoms with Crippen molar-refractivity contribution in [2.24, 2.45) is 0 Å². The number of rotatable bonds is 17. The molecule has 2 aromatic carbocycles. The van der Waals surface area contributed by atoms with Gasteiger partial charge in [0.15, 0.2) is 12.2 Å². The van der Waals surface area contributed by atoms with Crippen LogP contribution in [0.2, 0.25) is 0 Å². The van der Waals surface area contributed by atoms with Gasteiger partial charge in [0.25, 0.3) is 11.8 Å². The normalized spacial score (nSPS) is 16.6. The Hall–Kier alpha value is -3.92. The highest BCUT2D eigenvalue weighted by molar-refractivity contribution is 5.91. The van der Waals surface area contributed by atoms with Gasteiger partial charge in [0.1, 0.15) is 24.3 Å². The average Bonchev–Trinajstić information content (AvgIpc) is 3.02. The number of likely N-dealkylation sites (N-methyl/N-ethyl adjacent to an activating group) is 2. The first kappa shape index (κ1) is 36.3. The van der Waals surface area contributed by atoms with Gasteiger partial charge in [-0.3, -0.25) is 19.2 Å². The van der Waals surface area contributed by atoms with Gasteiger partial charge in [-0.15, -0.1) is 0 Å². The van der Waals surface area contributed by atoms with Crippen LogP contribution in [-0.4, -0.2) is 107 Å². The first-order chi connectivity index (χ1) is 20.9. The molecule has 0 bridgehead atoms. The van der Waals surface area contributed by atoms with Gasteiger partial charge in [-0.2, -0.15) is 0 Å². The van der Waals surface area contributed by atoms with Crippen LogP contribution >= 0.6 is 0 Å². The largest absolute Gasteiger partial charge is 0.391 e. The maximum Gasteiger partial charge on any atom is 0.252 e. The number of benzene rings is 2. The summed E-state index contributed by atoms with van der Waals surface area (Å²) in [5.74, 6) is -3.60. The van der Waals surface area contributed by atoms with Crippen molar-refractivity contribution in [3.8, 4) is 0 Å². The van der Waals surface area contributed by atoms with E-state index < -0.39 is 72.3 Å². The summed E-state index contributed by atoms with van der Waals surface area (Å²) in [5.41, 5.74) is 1.20. The van der Waals surface area contributed by atoms with Crippen LogP contribution in [0.15, 0.2) is 60.7 Å². The van der Waals surface area contributed by atoms with E-state index in [0.29, 0.717) is 11.1 Å². The minimum atomic E-state index is -2.13. The van der Waals surface area contributed by atoms with Crippen molar-refractivity contribution >= 4 is 23.6 Å². The molecule has 0 saturated heterocycles. The molecule has 0 aromatic heterocycles. The molecular formula is C30H42N4O10. The first-order valence-corrected chi connectivity index (χ1v) is 14.0. The molecule has 14 nitrogen and oxygen atoms in total. The summed E-state index contributed by atoms with van der Waals surface area (Å²) in [5, 5.41) is 52.0. The number of hydrogen-bond acceptors (Lipinski definition) is 10. The Labute approximate surface area is 255 Å². The van der Waals surface area contributed by atoms with Crippen molar-refractivity contribution < 1.29 is 49.1 Å². The van der Waals surface area contributed by atoms with Gasteiger partial charge in [-0.25, -0.2) is 0 Å². The molecule has 1 unspecified atom stereocenters. The van der Waals surface area contributed by atoms with E-state index in [1.54, 1.807) is 60.7 Å². The lowest BCUT2D eigenvalue weighted by atomic mass is 9.99. The molecule has 14 heteroatoms. The molecule has 0 fully saturated rings. The van der Waals surface area contributed by atoms with E-state index in [1.807, 2.05) is 0 Å². The molecule has 0 spiro atoms. The molecule has 0 heterocycles. The van der Waals surface area contributed by atoms with Crippen LogP contribution < -0.4 is 21.3 Å². The van der Waals surface area contributed by atoms with Gasteiger partial charge in [0.2, 0.25) is 11.8 Å². The zero-order valence-corrected chi connectivity index (χ0v) is 25.0. The van der Waals surface area contributed by atoms with Gasteiger partial charge in [-0.05, 0) is 25.0 Å². The lowest BCUT2D eigenvalue weighted by Gasteiger charge is -2.32. The molecule has 4 amide bonds. The highest BCUT2D eigenvalue weighted by Crippen LogP contribution is 2.17. The smallest absolute Gasteiger partial charge is 0.252 e. The molecule has 8 atom stereocenters. The molecule has 8 N–H and O–H groups in total. The number of aliphatic hydroxyl groups is 4. The topological polar surface area (TPSA) is 216 Å². The third-order valence-electron chi connectivity index (χ3n) is 6.65. The van der Waals surface area contributed by atoms with E-state index in [0.717, 1.165) is 0 Å². The van der Waals surface area contributed by atoms with Crippen molar-refractivity contribution in [2.75, 3.05) is 14.1 Å². The van der Waals surface area contributed by atoms with E-state index >= 15 is 0 Å². The van der Waals surface area contributed by atoms with Gasteiger partial charge >= 0.3 is 0 Å². The molecule has 2 rings (SSSR count). The van der Waals surface area contributed by atoms with Crippen LogP contribution in [0.25, 0.3) is 0 Å². The minimum Gasteiger partial charge on any atom is -0.391 e. The van der Waals surface area contributed by atoms with Crippen LogP contribution in [0.3, 0.4) is 0 Å². The van der Waals surface area contributed by atoms with Crippen LogP contribution in [0.5, 0.6) is 0 Å². The zero-order chi connectivity index (χ0) is 32.8. The van der Waals surface area contributed by atoms with Crippen molar-refractivity contribution in [3.05, 3.63) is 71.8 Å². The lowest BCUT2D eigenvalue weighted by Crippen LogP contribution is -2.61. The Morgan fingerprint density at radius 1 is 0.591 bits per heavy atom. The summed E-state index contributed by atoms with van der Waals surface area (Å²) in [6.45, 7) is 2.11. The van der Waals surface area contributed by atoms with Crippen LogP contribution in [0.1, 0.15) is 25.0 Å². The summed E-state index contributed by atoms with van der Waals surface area (Å²) < 4.78 is 11.4. The van der Waals surface area contributed by atoms with Crippen LogP contribution in [0.4, 0.5) is 0 Å². The number of amides is 4. The Balaban J connectivity index is 2.42. The SMILES string of the molecule is CNC(=O)C(NC(=O)[C@H](OCc1ccccc1)[C@H](O)[C@@H](O)[C@@H](OCc1ccccc1)C(=O)N[C@H](C(=O)NC)[C@@H](C)O)[C@@H](C)O. The lowest BCUT2D eigenvalue weighted by molar-refractivity contribution is -0.172. The maximum absolute atomic E-state index is 13.4. The molecule has 2 aromatic rings. The third-order valence-corrected chi connectivity index (χ3v) is 6.65. The molecular weight excluding hydrogens is 576 g/mol. The molecule has 0 aliphatic heterocycles. The number of aliphatic hydroxyl groups excluding tert-OH is 4. The fourth-order valence-corrected chi connectivity index (χ4v) is 4.13. The Morgan fingerprint density at radius 3 is 1.18 bits per heavy atom. The van der Waals surface area contributed by atoms with Crippen molar-refractivity contribution in [2.45, 2.75) is 75.8 Å². The van der Waals surface area contributed by atoms with E-state index in [9.17, 15) is 39.6 Å². The number of hydrogen-bond donors (Lipinski definition) is 8. The van der Waals surface area contributed by atoms with Gasteiger partial charge in [0.05, 0.1) is 25.4 Å². The van der Waals surface area contributed by atoms with Gasteiger partial charge < -0.3 is 51.2 Å². The molecule has 0 saturated carbocycles. The molecule has 0 aliphatic rings. The van der Waals surface area contributed by atoms with Crippen molar-refractivity contribution in [1.29, 1.82) is 0 Å². The number of carbonyl (C=O) groups is 4. The number of ether oxygens (including phenoxy) is 2. The Bertz CT molecular complexity index is 1110. The second kappa shape index (κ2) is 18.0. The minimum absolute atomic E-state index is 0.218. The van der Waals surface area contributed by atoms with Crippen LogP contribution in [-0.2, 0) is 41.9 Å². The standard InChI is InChI=1S/C30H42N4O10/c1-17(35)21(27(39)31-3)33-29(41)25(43-15-19-11-7-5-8-12-19)23(37)24(38)26(44-16-20-13-9-6-10-14-20)30(42)34-22(18(2)36)28(40)32-4/h5-14,17-18,21-26,35-38H,15-16H2,1-4H3,(H,31,39)(H,32,40)(H,33,41)(H,34,42)/t17-,18-,21+,22?,23-,24-,25-,26-/m1/s1. The summed E-state index contributed by atoms with van der Waals surface area (Å²) in [4.78, 5) is 51.3. The van der Waals surface area contributed by atoms with Crippen molar-refractivity contribution in [1.82, 2.24) is 21.3 Å². The van der Waals surface area contributed by atoms with Crippen LogP contribution in [0, 0.1) is 0 Å². The van der Waals surface area contributed by atoms with E-state index in [1.165, 1.54) is 27.9 Å². The summed E-state index contributed by atoms with van der Waals surface area (Å²) in [7, 11) is 2.61. The highest BCUT2D eigenvalue weighted by atomic mass is 16.5. The molecule has 0 aliphatic carbocycles. The van der Waals surface area contributed by atoms with E-state index in [4.69, 9.17) is 9.47 Å². The fourth-order valence-electron chi connectivity index (χ4n) is 4.13. The predicted octanol–water partition coefficient (Wildman–Crippen LogP) is -1.90. The second-order valence-corrected chi connectivity index (χ2v) is 10.1. The summed E-state index contributed by atoms with van der Waals surface area (Å²) in [6.07, 6.45) is -10.7. The highest BCUT2D eigenvalue weighted by Gasteiger charge is 2.43. The fraction of sp³-hybridized carbons (Fsp3) is 0.467. The average molecular weight is 619 g/mol. The predicted molar refractivity (Wildman–Crippen MR) is 157 cm³/mol. The number of carbonyl (C=O) groups excluding carboxylic acids is 4. The Kier molecular flexibility index (Phi) is 14.9. The maximum atomic E-state index is 13.4.